The van der Waals surface area contributed by atoms with Gasteiger partial charge >= 0.3 is 5.97 Å². The summed E-state index contributed by atoms with van der Waals surface area (Å²) in [6, 6.07) is 0. The van der Waals surface area contributed by atoms with Crippen molar-refractivity contribution in [2.24, 2.45) is 29.1 Å². The molecule has 132 valence electrons. The van der Waals surface area contributed by atoms with E-state index in [1.165, 1.54) is 19.3 Å². The fourth-order valence-corrected chi connectivity index (χ4v) is 6.64. The normalized spacial score (nSPS) is 37.9. The summed E-state index contributed by atoms with van der Waals surface area (Å²) in [7, 11) is -1.89. The van der Waals surface area contributed by atoms with Crippen molar-refractivity contribution in [2.75, 3.05) is 6.61 Å². The van der Waals surface area contributed by atoms with Crippen LogP contribution in [-0.2, 0) is 9.22 Å². The minimum absolute atomic E-state index is 0.0307. The minimum Gasteiger partial charge on any atom is -0.481 e. The number of carbonyl (C=O) groups is 1. The highest BCUT2D eigenvalue weighted by molar-refractivity contribution is 6.74. The van der Waals surface area contributed by atoms with Gasteiger partial charge in [-0.2, -0.15) is 0 Å². The second-order valence-corrected chi connectivity index (χ2v) is 15.1. The van der Waals surface area contributed by atoms with Crippen LogP contribution in [0, 0.1) is 29.1 Å². The van der Waals surface area contributed by atoms with Crippen LogP contribution in [0.1, 0.15) is 59.3 Å². The molecule has 1 N–H and O–H groups in total. The molecule has 0 amide bonds. The monoisotopic (exact) mass is 338 g/mol. The van der Waals surface area contributed by atoms with Gasteiger partial charge in [0.25, 0.3) is 0 Å². The lowest BCUT2D eigenvalue weighted by Gasteiger charge is -2.58. The Labute approximate surface area is 142 Å². The van der Waals surface area contributed by atoms with Crippen LogP contribution in [0.15, 0.2) is 0 Å². The van der Waals surface area contributed by atoms with Gasteiger partial charge < -0.3 is 9.53 Å². The predicted octanol–water partition coefficient (Wildman–Crippen LogP) is 4.93. The first kappa shape index (κ1) is 17.5. The third-order valence-electron chi connectivity index (χ3n) is 7.54. The molecule has 4 aliphatic rings. The van der Waals surface area contributed by atoms with Crippen molar-refractivity contribution in [3.05, 3.63) is 0 Å². The van der Waals surface area contributed by atoms with Crippen molar-refractivity contribution >= 4 is 14.3 Å². The molecule has 0 unspecified atom stereocenters. The molecular weight excluding hydrogens is 304 g/mol. The molecule has 4 heteroatoms. The maximum atomic E-state index is 12.1. The molecule has 4 bridgehead atoms. The van der Waals surface area contributed by atoms with Gasteiger partial charge in [0.15, 0.2) is 8.32 Å². The van der Waals surface area contributed by atoms with Gasteiger partial charge in [-0.15, -0.1) is 0 Å². The summed E-state index contributed by atoms with van der Waals surface area (Å²) in [6.45, 7) is 11.5. The third kappa shape index (κ3) is 3.13. The lowest BCUT2D eigenvalue weighted by Crippen LogP contribution is -2.53. The van der Waals surface area contributed by atoms with Crippen LogP contribution in [0.4, 0.5) is 0 Å². The quantitative estimate of drug-likeness (QED) is 0.723. The van der Waals surface area contributed by atoms with Gasteiger partial charge in [0.1, 0.15) is 0 Å². The molecule has 0 radical (unpaired) electrons. The molecule has 4 rings (SSSR count). The molecule has 4 aliphatic carbocycles. The number of aliphatic carboxylic acids is 1. The molecular formula is C19H34O3Si. The van der Waals surface area contributed by atoms with Crippen molar-refractivity contribution < 1.29 is 14.3 Å². The van der Waals surface area contributed by atoms with Gasteiger partial charge in [0.2, 0.25) is 0 Å². The lowest BCUT2D eigenvalue weighted by atomic mass is 9.46. The molecule has 0 aliphatic heterocycles. The summed E-state index contributed by atoms with van der Waals surface area (Å²) >= 11 is 0. The molecule has 0 aromatic rings. The standard InChI is InChI=1S/C19H34O3Si/c1-18(2,3)23(4,5)22-12-16(17(20)21)19-9-13-6-14(10-19)8-15(7-13)11-19/h13-16H,6-12H2,1-5H3,(H,20,21)/t13?,14?,15?,16-,19?/m0/s1. The zero-order chi connectivity index (χ0) is 17.0. The van der Waals surface area contributed by atoms with Crippen LogP contribution in [0.25, 0.3) is 0 Å². The second-order valence-electron chi connectivity index (χ2n) is 10.2. The topological polar surface area (TPSA) is 46.5 Å². The number of hydrogen-bond donors (Lipinski definition) is 1. The molecule has 0 aromatic heterocycles. The molecule has 0 spiro atoms. The summed E-state index contributed by atoms with van der Waals surface area (Å²) in [4.78, 5) is 12.1. The van der Waals surface area contributed by atoms with Gasteiger partial charge in [0.05, 0.1) is 5.92 Å². The highest BCUT2D eigenvalue weighted by Gasteiger charge is 2.56. The van der Waals surface area contributed by atoms with Gasteiger partial charge in [-0.05, 0) is 79.8 Å². The zero-order valence-corrected chi connectivity index (χ0v) is 16.5. The van der Waals surface area contributed by atoms with E-state index in [4.69, 9.17) is 4.43 Å². The Morgan fingerprint density at radius 1 is 1.13 bits per heavy atom. The van der Waals surface area contributed by atoms with E-state index in [0.29, 0.717) is 6.61 Å². The van der Waals surface area contributed by atoms with Crippen LogP contribution >= 0.6 is 0 Å². The Kier molecular flexibility index (Phi) is 4.24. The summed E-state index contributed by atoms with van der Waals surface area (Å²) in [5.41, 5.74) is 0.0307. The minimum atomic E-state index is -1.89. The maximum absolute atomic E-state index is 12.1. The van der Waals surface area contributed by atoms with E-state index in [0.717, 1.165) is 37.0 Å². The first-order valence-electron chi connectivity index (χ1n) is 9.39. The van der Waals surface area contributed by atoms with Gasteiger partial charge in [-0.25, -0.2) is 0 Å². The average molecular weight is 339 g/mol. The van der Waals surface area contributed by atoms with Crippen molar-refractivity contribution in [2.45, 2.75) is 77.4 Å². The lowest BCUT2D eigenvalue weighted by molar-refractivity contribution is -0.160. The molecule has 4 saturated carbocycles. The number of hydrogen-bond acceptors (Lipinski definition) is 2. The Bertz CT molecular complexity index is 442. The van der Waals surface area contributed by atoms with E-state index in [2.05, 4.69) is 33.9 Å². The van der Waals surface area contributed by atoms with Gasteiger partial charge in [-0.1, -0.05) is 20.8 Å². The largest absolute Gasteiger partial charge is 0.481 e. The smallest absolute Gasteiger partial charge is 0.309 e. The first-order valence-corrected chi connectivity index (χ1v) is 12.3. The Morgan fingerprint density at radius 2 is 1.57 bits per heavy atom. The van der Waals surface area contributed by atoms with Crippen molar-refractivity contribution in [1.29, 1.82) is 0 Å². The predicted molar refractivity (Wildman–Crippen MR) is 94.9 cm³/mol. The third-order valence-corrected chi connectivity index (χ3v) is 12.0. The summed E-state index contributed by atoms with van der Waals surface area (Å²) in [5.74, 6) is 1.44. The Hall–Kier alpha value is -0.353. The number of carboxylic acids is 1. The van der Waals surface area contributed by atoms with E-state index in [9.17, 15) is 9.90 Å². The molecule has 23 heavy (non-hydrogen) atoms. The van der Waals surface area contributed by atoms with Gasteiger partial charge in [0, 0.05) is 6.61 Å². The highest BCUT2D eigenvalue weighted by atomic mass is 28.4. The summed E-state index contributed by atoms with van der Waals surface area (Å²) in [5, 5.41) is 10.1. The first-order chi connectivity index (χ1) is 10.5. The van der Waals surface area contributed by atoms with Crippen LogP contribution in [-0.4, -0.2) is 26.0 Å². The second kappa shape index (κ2) is 5.59. The van der Waals surface area contributed by atoms with E-state index >= 15 is 0 Å². The Balaban J connectivity index is 1.76. The SMILES string of the molecule is CC(C)(C)[Si](C)(C)OC[C@@H](C(=O)O)C12CC3CC(CC(C3)C1)C2. The molecule has 0 aromatic carbocycles. The highest BCUT2D eigenvalue weighted by Crippen LogP contribution is 2.63. The van der Waals surface area contributed by atoms with E-state index in [1.54, 1.807) is 0 Å². The van der Waals surface area contributed by atoms with Crippen molar-refractivity contribution in [1.82, 2.24) is 0 Å². The van der Waals surface area contributed by atoms with Crippen molar-refractivity contribution in [3.63, 3.8) is 0 Å². The van der Waals surface area contributed by atoms with Crippen molar-refractivity contribution in [3.8, 4) is 0 Å². The fourth-order valence-electron chi connectivity index (χ4n) is 5.62. The summed E-state index contributed by atoms with van der Waals surface area (Å²) in [6.07, 6.45) is 7.47. The number of carboxylic acid groups (broad SMARTS) is 1. The molecule has 0 heterocycles. The van der Waals surface area contributed by atoms with E-state index in [-0.39, 0.29) is 16.4 Å². The fraction of sp³-hybridized carbons (Fsp3) is 0.947. The Morgan fingerprint density at radius 3 is 1.91 bits per heavy atom. The van der Waals surface area contributed by atoms with Crippen LogP contribution < -0.4 is 0 Å². The molecule has 1 atom stereocenters. The molecule has 3 nitrogen and oxygen atoms in total. The van der Waals surface area contributed by atoms with Crippen LogP contribution in [0.5, 0.6) is 0 Å². The van der Waals surface area contributed by atoms with Crippen LogP contribution in [0.2, 0.25) is 18.1 Å². The van der Waals surface area contributed by atoms with Crippen LogP contribution in [0.3, 0.4) is 0 Å². The molecule has 4 fully saturated rings. The molecule has 0 saturated heterocycles. The van der Waals surface area contributed by atoms with E-state index < -0.39 is 14.3 Å². The maximum Gasteiger partial charge on any atom is 0.309 e. The van der Waals surface area contributed by atoms with E-state index in [1.807, 2.05) is 0 Å². The average Bonchev–Trinajstić information content (AvgIpc) is 2.34. The zero-order valence-electron chi connectivity index (χ0n) is 15.5. The number of rotatable bonds is 5. The summed E-state index contributed by atoms with van der Waals surface area (Å²) < 4.78 is 6.36. The van der Waals surface area contributed by atoms with Gasteiger partial charge in [-0.3, -0.25) is 4.79 Å².